The van der Waals surface area contributed by atoms with Gasteiger partial charge >= 0.3 is 0 Å². The lowest BCUT2D eigenvalue weighted by Gasteiger charge is -2.34. The Hall–Kier alpha value is -1.47. The standard InChI is InChI=1S/C17H20ClN3O2S/c1-14-2-4-16(5-3-14)24(22,23)21-10-8-20(9-11-21)13-15-6-7-19-17(18)12-15/h2-7,12H,8-11,13H2,1H3. The SMILES string of the molecule is Cc1ccc(S(=O)(=O)N2CCN(Cc3ccnc(Cl)c3)CC2)cc1. The van der Waals surface area contributed by atoms with E-state index in [2.05, 4.69) is 9.88 Å². The lowest BCUT2D eigenvalue weighted by molar-refractivity contribution is 0.181. The Morgan fingerprint density at radius 1 is 1.08 bits per heavy atom. The molecule has 1 aromatic carbocycles. The van der Waals surface area contributed by atoms with Crippen molar-refractivity contribution < 1.29 is 8.42 Å². The molecular weight excluding hydrogens is 346 g/mol. The zero-order chi connectivity index (χ0) is 17.2. The third kappa shape index (κ3) is 3.95. The molecule has 2 aromatic rings. The molecule has 2 heterocycles. The van der Waals surface area contributed by atoms with Crippen LogP contribution in [0.4, 0.5) is 0 Å². The number of benzene rings is 1. The zero-order valence-corrected chi connectivity index (χ0v) is 15.1. The van der Waals surface area contributed by atoms with Crippen molar-refractivity contribution >= 4 is 21.6 Å². The minimum atomic E-state index is -3.41. The van der Waals surface area contributed by atoms with E-state index in [1.807, 2.05) is 31.2 Å². The molecule has 128 valence electrons. The number of piperazine rings is 1. The maximum absolute atomic E-state index is 12.7. The van der Waals surface area contributed by atoms with Crippen LogP contribution in [0.15, 0.2) is 47.5 Å². The molecule has 0 bridgehead atoms. The molecule has 1 aliphatic heterocycles. The van der Waals surface area contributed by atoms with Crippen molar-refractivity contribution in [2.75, 3.05) is 26.2 Å². The first kappa shape index (κ1) is 17.4. The highest BCUT2D eigenvalue weighted by Gasteiger charge is 2.28. The Balaban J connectivity index is 1.63. The van der Waals surface area contributed by atoms with Gasteiger partial charge in [0.25, 0.3) is 0 Å². The van der Waals surface area contributed by atoms with Crippen LogP contribution in [0.1, 0.15) is 11.1 Å². The molecule has 0 N–H and O–H groups in total. The summed E-state index contributed by atoms with van der Waals surface area (Å²) in [5.74, 6) is 0. The first-order valence-electron chi connectivity index (χ1n) is 7.85. The Kier molecular flexibility index (Phi) is 5.20. The van der Waals surface area contributed by atoms with Crippen LogP contribution < -0.4 is 0 Å². The topological polar surface area (TPSA) is 53.5 Å². The van der Waals surface area contributed by atoms with Crippen LogP contribution >= 0.6 is 11.6 Å². The lowest BCUT2D eigenvalue weighted by Crippen LogP contribution is -2.48. The summed E-state index contributed by atoms with van der Waals surface area (Å²) in [4.78, 5) is 6.57. The number of rotatable bonds is 4. The second-order valence-corrected chi connectivity index (χ2v) is 8.31. The third-order valence-corrected chi connectivity index (χ3v) is 6.31. The average Bonchev–Trinajstić information content (AvgIpc) is 2.56. The minimum absolute atomic E-state index is 0.363. The van der Waals surface area contributed by atoms with E-state index < -0.39 is 10.0 Å². The van der Waals surface area contributed by atoms with Crippen molar-refractivity contribution in [2.45, 2.75) is 18.4 Å². The van der Waals surface area contributed by atoms with E-state index in [1.54, 1.807) is 22.6 Å². The quantitative estimate of drug-likeness (QED) is 0.781. The molecule has 0 radical (unpaired) electrons. The van der Waals surface area contributed by atoms with Gasteiger partial charge in [-0.1, -0.05) is 29.3 Å². The fourth-order valence-corrected chi connectivity index (χ4v) is 4.41. The van der Waals surface area contributed by atoms with E-state index in [1.165, 1.54) is 0 Å². The minimum Gasteiger partial charge on any atom is -0.296 e. The third-order valence-electron chi connectivity index (χ3n) is 4.19. The summed E-state index contributed by atoms with van der Waals surface area (Å²) in [6, 6.07) is 10.8. The van der Waals surface area contributed by atoms with E-state index >= 15 is 0 Å². The highest BCUT2D eigenvalue weighted by molar-refractivity contribution is 7.89. The van der Waals surface area contributed by atoms with Crippen molar-refractivity contribution in [1.29, 1.82) is 0 Å². The number of hydrogen-bond donors (Lipinski definition) is 0. The van der Waals surface area contributed by atoms with Gasteiger partial charge in [0.2, 0.25) is 10.0 Å². The van der Waals surface area contributed by atoms with Crippen LogP contribution in [-0.2, 0) is 16.6 Å². The number of hydrogen-bond acceptors (Lipinski definition) is 4. The molecule has 0 atom stereocenters. The van der Waals surface area contributed by atoms with E-state index in [9.17, 15) is 8.42 Å². The number of aromatic nitrogens is 1. The number of aryl methyl sites for hydroxylation is 1. The summed E-state index contributed by atoms with van der Waals surface area (Å²) < 4.78 is 26.9. The number of halogens is 1. The molecular formula is C17H20ClN3O2S. The van der Waals surface area contributed by atoms with Crippen molar-refractivity contribution in [2.24, 2.45) is 0 Å². The van der Waals surface area contributed by atoms with Crippen molar-refractivity contribution in [3.63, 3.8) is 0 Å². The summed E-state index contributed by atoms with van der Waals surface area (Å²) in [5, 5.41) is 0.480. The van der Waals surface area contributed by atoms with E-state index in [4.69, 9.17) is 11.6 Å². The fourth-order valence-electron chi connectivity index (χ4n) is 2.79. The fraction of sp³-hybridized carbons (Fsp3) is 0.353. The second kappa shape index (κ2) is 7.19. The van der Waals surface area contributed by atoms with Gasteiger partial charge < -0.3 is 0 Å². The Morgan fingerprint density at radius 3 is 2.38 bits per heavy atom. The zero-order valence-electron chi connectivity index (χ0n) is 13.5. The second-order valence-electron chi connectivity index (χ2n) is 5.98. The summed E-state index contributed by atoms with van der Waals surface area (Å²) in [6.45, 7) is 5.08. The first-order valence-corrected chi connectivity index (χ1v) is 9.66. The molecule has 0 spiro atoms. The molecule has 1 saturated heterocycles. The maximum atomic E-state index is 12.7. The number of sulfonamides is 1. The Morgan fingerprint density at radius 2 is 1.75 bits per heavy atom. The normalized spacial score (nSPS) is 17.1. The molecule has 7 heteroatoms. The molecule has 3 rings (SSSR count). The van der Waals surface area contributed by atoms with Gasteiger partial charge in [0.1, 0.15) is 5.15 Å². The van der Waals surface area contributed by atoms with Crippen LogP contribution in [-0.4, -0.2) is 48.8 Å². The monoisotopic (exact) mass is 365 g/mol. The van der Waals surface area contributed by atoms with E-state index in [0.717, 1.165) is 17.7 Å². The molecule has 0 unspecified atom stereocenters. The smallest absolute Gasteiger partial charge is 0.243 e. The highest BCUT2D eigenvalue weighted by atomic mass is 35.5. The molecule has 0 amide bonds. The van der Waals surface area contributed by atoms with Crippen LogP contribution in [0.25, 0.3) is 0 Å². The Bertz CT molecular complexity index is 801. The van der Waals surface area contributed by atoms with Crippen LogP contribution in [0.3, 0.4) is 0 Å². The van der Waals surface area contributed by atoms with E-state index in [-0.39, 0.29) is 0 Å². The number of nitrogens with zero attached hydrogens (tertiary/aromatic N) is 3. The van der Waals surface area contributed by atoms with Crippen LogP contribution in [0.2, 0.25) is 5.15 Å². The molecule has 1 aromatic heterocycles. The van der Waals surface area contributed by atoms with Gasteiger partial charge in [-0.25, -0.2) is 13.4 Å². The highest BCUT2D eigenvalue weighted by Crippen LogP contribution is 2.19. The first-order chi connectivity index (χ1) is 11.4. The Labute approximate surface area is 147 Å². The van der Waals surface area contributed by atoms with Crippen molar-refractivity contribution in [3.8, 4) is 0 Å². The van der Waals surface area contributed by atoms with Crippen molar-refractivity contribution in [3.05, 3.63) is 58.9 Å². The molecule has 1 fully saturated rings. The van der Waals surface area contributed by atoms with Crippen LogP contribution in [0, 0.1) is 6.92 Å². The van der Waals surface area contributed by atoms with Gasteiger partial charge in [-0.2, -0.15) is 4.31 Å². The molecule has 0 saturated carbocycles. The van der Waals surface area contributed by atoms with Gasteiger partial charge in [0.15, 0.2) is 0 Å². The van der Waals surface area contributed by atoms with Crippen LogP contribution in [0.5, 0.6) is 0 Å². The van der Waals surface area contributed by atoms with Gasteiger partial charge in [-0.15, -0.1) is 0 Å². The van der Waals surface area contributed by atoms with Crippen molar-refractivity contribution in [1.82, 2.24) is 14.2 Å². The van der Waals surface area contributed by atoms with Gasteiger partial charge in [0.05, 0.1) is 4.90 Å². The van der Waals surface area contributed by atoms with Gasteiger partial charge in [0, 0.05) is 38.9 Å². The van der Waals surface area contributed by atoms with Gasteiger partial charge in [-0.3, -0.25) is 4.90 Å². The molecule has 24 heavy (non-hydrogen) atoms. The largest absolute Gasteiger partial charge is 0.296 e. The summed E-state index contributed by atoms with van der Waals surface area (Å²) in [6.07, 6.45) is 1.69. The van der Waals surface area contributed by atoms with Gasteiger partial charge in [-0.05, 0) is 36.8 Å². The number of pyridine rings is 1. The summed E-state index contributed by atoms with van der Waals surface area (Å²) in [5.41, 5.74) is 2.14. The predicted octanol–water partition coefficient (Wildman–Crippen LogP) is 2.55. The van der Waals surface area contributed by atoms with E-state index in [0.29, 0.717) is 36.2 Å². The molecule has 5 nitrogen and oxygen atoms in total. The maximum Gasteiger partial charge on any atom is 0.243 e. The summed E-state index contributed by atoms with van der Waals surface area (Å²) >= 11 is 5.91. The molecule has 0 aliphatic carbocycles. The summed E-state index contributed by atoms with van der Waals surface area (Å²) in [7, 11) is -3.41. The average molecular weight is 366 g/mol. The molecule has 1 aliphatic rings. The lowest BCUT2D eigenvalue weighted by atomic mass is 10.2. The predicted molar refractivity (Wildman–Crippen MR) is 94.5 cm³/mol.